The average molecular weight is 305 g/mol. The van der Waals surface area contributed by atoms with Crippen LogP contribution >= 0.6 is 12.2 Å². The normalized spacial score (nSPS) is 14.7. The Hall–Kier alpha value is -1.28. The number of carbonyl (C=O) groups is 2. The molecule has 0 aromatic heterocycles. The molecule has 106 valence electrons. The van der Waals surface area contributed by atoms with Crippen molar-refractivity contribution in [3.63, 3.8) is 0 Å². The van der Waals surface area contributed by atoms with Gasteiger partial charge in [0.25, 0.3) is 5.91 Å². The van der Waals surface area contributed by atoms with E-state index in [1.54, 1.807) is 0 Å². The zero-order valence-corrected chi connectivity index (χ0v) is 12.2. The van der Waals surface area contributed by atoms with E-state index in [9.17, 15) is 19.2 Å². The number of rotatable bonds is 8. The number of Topliss-reactive ketones (excluding diaryl/α,β-unsaturated/α-hetero) is 1. The highest BCUT2D eigenvalue weighted by molar-refractivity contribution is 7.92. The van der Waals surface area contributed by atoms with Gasteiger partial charge in [0.05, 0.1) is 12.3 Å². The number of amides is 1. The summed E-state index contributed by atoms with van der Waals surface area (Å²) < 4.78 is 11.1. The van der Waals surface area contributed by atoms with Gasteiger partial charge in [0.1, 0.15) is 0 Å². The molecule has 0 aliphatic heterocycles. The Morgan fingerprint density at radius 1 is 1.63 bits per heavy atom. The monoisotopic (exact) mass is 305 g/mol. The second-order valence-electron chi connectivity index (χ2n) is 3.79. The van der Waals surface area contributed by atoms with Gasteiger partial charge in [-0.05, 0) is 36.7 Å². The molecule has 0 heterocycles. The maximum Gasteiger partial charge on any atom is 0.323 e. The minimum atomic E-state index is -1.34. The van der Waals surface area contributed by atoms with E-state index in [0.29, 0.717) is 0 Å². The van der Waals surface area contributed by atoms with Crippen LogP contribution in [-0.4, -0.2) is 55.0 Å². The minimum absolute atomic E-state index is 0.0562. The predicted molar refractivity (Wildman–Crippen MR) is 74.6 cm³/mol. The summed E-state index contributed by atoms with van der Waals surface area (Å²) in [6.45, 7) is 1.48. The highest BCUT2D eigenvalue weighted by Crippen LogP contribution is 2.03. The van der Waals surface area contributed by atoms with Gasteiger partial charge in [-0.3, -0.25) is 9.59 Å². The molecule has 19 heavy (non-hydrogen) atoms. The Labute approximate surface area is 119 Å². The van der Waals surface area contributed by atoms with E-state index in [2.05, 4.69) is 22.3 Å². The fraction of sp³-hybridized carbons (Fsp3) is 0.600. The second-order valence-corrected chi connectivity index (χ2v) is 5.91. The van der Waals surface area contributed by atoms with Crippen LogP contribution in [0, 0.1) is 0 Å². The zero-order valence-electron chi connectivity index (χ0n) is 10.5. The number of aliphatic hydroxyl groups excluding tert-OH is 1. The summed E-state index contributed by atoms with van der Waals surface area (Å²) in [5.74, 6) is -0.990. The molecule has 1 amide bonds. The molecule has 0 fully saturated rings. The first-order valence-electron chi connectivity index (χ1n) is 5.35. The van der Waals surface area contributed by atoms with Crippen LogP contribution < -0.4 is 5.32 Å². The summed E-state index contributed by atoms with van der Waals surface area (Å²) in [5, 5.41) is 10.5. The number of thiocarbonyl (C=S) groups is 1. The van der Waals surface area contributed by atoms with Gasteiger partial charge in [-0.25, -0.2) is 0 Å². The molecule has 9 heteroatoms. The van der Waals surface area contributed by atoms with Crippen LogP contribution in [0.4, 0.5) is 0 Å². The molecule has 0 aliphatic rings. The van der Waals surface area contributed by atoms with Gasteiger partial charge in [0.15, 0.2) is 10.3 Å². The van der Waals surface area contributed by atoms with Crippen LogP contribution in [0.1, 0.15) is 19.8 Å². The van der Waals surface area contributed by atoms with Crippen LogP contribution in [0.5, 0.6) is 0 Å². The molecule has 0 aromatic carbocycles. The average Bonchev–Trinajstić information content (AvgIpc) is 2.32. The Morgan fingerprint density at radius 3 is 2.63 bits per heavy atom. The quantitative estimate of drug-likeness (QED) is 0.211. The Morgan fingerprint density at radius 2 is 2.21 bits per heavy atom. The second kappa shape index (κ2) is 8.76. The van der Waals surface area contributed by atoms with Crippen LogP contribution in [0.15, 0.2) is 0 Å². The molecule has 0 aliphatic carbocycles. The Bertz CT molecular complexity index is 408. The van der Waals surface area contributed by atoms with Crippen molar-refractivity contribution in [1.29, 1.82) is 0 Å². The van der Waals surface area contributed by atoms with Crippen molar-refractivity contribution in [1.82, 2.24) is 5.32 Å². The molecule has 0 radical (unpaired) electrons. The molecule has 0 saturated carbocycles. The highest BCUT2D eigenvalue weighted by Gasteiger charge is 2.26. The van der Waals surface area contributed by atoms with Gasteiger partial charge in [-0.1, -0.05) is 0 Å². The third kappa shape index (κ3) is 7.02. The summed E-state index contributed by atoms with van der Waals surface area (Å²) in [7, 11) is 0. The smallest absolute Gasteiger partial charge is 0.323 e. The molecule has 0 saturated heterocycles. The van der Waals surface area contributed by atoms with Crippen LogP contribution in [0.25, 0.3) is 5.53 Å². The van der Waals surface area contributed by atoms with E-state index in [4.69, 9.17) is 5.53 Å². The van der Waals surface area contributed by atoms with E-state index in [1.165, 1.54) is 13.2 Å². The maximum absolute atomic E-state index is 11.6. The van der Waals surface area contributed by atoms with E-state index in [1.807, 2.05) is 0 Å². The van der Waals surface area contributed by atoms with Gasteiger partial charge >= 0.3 is 6.21 Å². The van der Waals surface area contributed by atoms with Crippen molar-refractivity contribution >= 4 is 46.3 Å². The lowest BCUT2D eigenvalue weighted by molar-refractivity contribution is -0.121. The molecule has 2 N–H and O–H groups in total. The van der Waals surface area contributed by atoms with Crippen molar-refractivity contribution in [3.8, 4) is 0 Å². The van der Waals surface area contributed by atoms with E-state index < -0.39 is 39.2 Å². The number of nitrogens with zero attached hydrogens (tertiary/aromatic N) is 2. The Kier molecular flexibility index (Phi) is 8.17. The van der Waals surface area contributed by atoms with E-state index in [0.717, 1.165) is 6.21 Å². The summed E-state index contributed by atoms with van der Waals surface area (Å²) in [6.07, 6.45) is 2.12. The fourth-order valence-electron chi connectivity index (χ4n) is 1.11. The number of ketones is 1. The fourth-order valence-corrected chi connectivity index (χ4v) is 1.66. The molecular weight excluding hydrogens is 290 g/mol. The zero-order chi connectivity index (χ0) is 15.0. The summed E-state index contributed by atoms with van der Waals surface area (Å²) in [5.41, 5.74) is 8.16. The third-order valence-electron chi connectivity index (χ3n) is 2.36. The summed E-state index contributed by atoms with van der Waals surface area (Å²) in [4.78, 5) is 25.3. The van der Waals surface area contributed by atoms with E-state index >= 15 is 0 Å². The highest BCUT2D eigenvalue weighted by atomic mass is 32.2. The molecular formula is C10H15N3O4S2. The van der Waals surface area contributed by atoms with E-state index in [-0.39, 0.29) is 12.8 Å². The molecule has 0 rings (SSSR count). The summed E-state index contributed by atoms with van der Waals surface area (Å²) in [6, 6.07) is -0.885. The largest absolute Gasteiger partial charge is 0.616 e. The van der Waals surface area contributed by atoms with Crippen LogP contribution in [-0.2, 0) is 20.8 Å². The number of nitrogens with one attached hydrogen (secondary N) is 1. The van der Waals surface area contributed by atoms with Crippen molar-refractivity contribution in [3.05, 3.63) is 5.53 Å². The van der Waals surface area contributed by atoms with Crippen molar-refractivity contribution < 1.29 is 24.0 Å². The maximum atomic E-state index is 11.6. The first-order valence-corrected chi connectivity index (χ1v) is 7.38. The molecule has 3 atom stereocenters. The van der Waals surface area contributed by atoms with Gasteiger partial charge in [-0.2, -0.15) is 4.79 Å². The number of carbonyl (C=O) groups excluding carboxylic acids is 2. The Balaban J connectivity index is 4.50. The first-order chi connectivity index (χ1) is 8.79. The van der Waals surface area contributed by atoms with Crippen LogP contribution in [0.2, 0.25) is 0 Å². The molecule has 0 spiro atoms. The van der Waals surface area contributed by atoms with Crippen molar-refractivity contribution in [2.75, 3.05) is 6.26 Å². The lowest BCUT2D eigenvalue weighted by Gasteiger charge is -2.19. The SMILES string of the molecule is C[C@@H](C(=O)N[C@@H](CCC(=O)C=[N+]=[N-])C(O)=S)[S+](C)[O-]. The number of hydrogen-bond acceptors (Lipinski definition) is 4. The molecule has 0 bridgehead atoms. The van der Waals surface area contributed by atoms with Crippen molar-refractivity contribution in [2.24, 2.45) is 0 Å². The number of aliphatic hydroxyl groups is 1. The first kappa shape index (κ1) is 17.7. The lowest BCUT2D eigenvalue weighted by Crippen LogP contribution is -2.46. The van der Waals surface area contributed by atoms with Crippen LogP contribution in [0.3, 0.4) is 0 Å². The van der Waals surface area contributed by atoms with Crippen molar-refractivity contribution in [2.45, 2.75) is 31.1 Å². The molecule has 7 nitrogen and oxygen atoms in total. The predicted octanol–water partition coefficient (Wildman–Crippen LogP) is -0.226. The standard InChI is InChI=1S/C10H15N3O4S2/c1-6(19(2)17)9(15)13-8(10(16)18)4-3-7(14)5-12-11/h5-6,8H,3-4H2,1-2H3,(H,13,15)(H,16,18)/t6-,8-,19?/m0/s1. The third-order valence-corrected chi connectivity index (χ3v) is 3.86. The van der Waals surface area contributed by atoms with Gasteiger partial charge in [0, 0.05) is 6.42 Å². The van der Waals surface area contributed by atoms with Gasteiger partial charge in [-0.15, -0.1) is 0 Å². The topological polar surface area (TPSA) is 126 Å². The lowest BCUT2D eigenvalue weighted by atomic mass is 10.1. The molecule has 0 aromatic rings. The van der Waals surface area contributed by atoms with Gasteiger partial charge < -0.3 is 20.5 Å². The molecule has 1 unspecified atom stereocenters. The van der Waals surface area contributed by atoms with Gasteiger partial charge in [0.2, 0.25) is 5.78 Å². The minimum Gasteiger partial charge on any atom is -0.616 e. The number of hydrogen-bond donors (Lipinski definition) is 2. The summed E-state index contributed by atoms with van der Waals surface area (Å²) >= 11 is 3.23.